The van der Waals surface area contributed by atoms with E-state index in [1.54, 1.807) is 22.8 Å². The highest BCUT2D eigenvalue weighted by atomic mass is 16.6. The second kappa shape index (κ2) is 10.2. The van der Waals surface area contributed by atoms with E-state index >= 15 is 0 Å². The minimum Gasteiger partial charge on any atom is -0.466 e. The Kier molecular flexibility index (Phi) is 8.07. The van der Waals surface area contributed by atoms with Crippen LogP contribution >= 0.6 is 0 Å². The lowest BCUT2D eigenvalue weighted by Gasteiger charge is -2.42. The lowest BCUT2D eigenvalue weighted by molar-refractivity contribution is -0.164. The summed E-state index contributed by atoms with van der Waals surface area (Å²) in [5.74, 6) is -2.73. The first-order chi connectivity index (χ1) is 16.5. The van der Waals surface area contributed by atoms with Crippen molar-refractivity contribution in [2.45, 2.75) is 97.1 Å². The number of aliphatic hydroxyl groups excluding tert-OH is 1. The van der Waals surface area contributed by atoms with Crippen LogP contribution in [0.4, 0.5) is 0 Å². The van der Waals surface area contributed by atoms with Crippen LogP contribution in [-0.2, 0) is 23.9 Å². The summed E-state index contributed by atoms with van der Waals surface area (Å²) in [7, 11) is 0. The van der Waals surface area contributed by atoms with E-state index in [0.29, 0.717) is 13.0 Å². The molecule has 8 heteroatoms. The molecule has 0 aromatic heterocycles. The van der Waals surface area contributed by atoms with Gasteiger partial charge in [0.05, 0.1) is 30.8 Å². The molecule has 8 nitrogen and oxygen atoms in total. The third kappa shape index (κ3) is 4.10. The molecule has 198 valence electrons. The van der Waals surface area contributed by atoms with Crippen molar-refractivity contribution in [3.63, 3.8) is 0 Å². The van der Waals surface area contributed by atoms with Crippen molar-refractivity contribution in [1.82, 2.24) is 9.80 Å². The van der Waals surface area contributed by atoms with Gasteiger partial charge in [0.2, 0.25) is 11.8 Å². The van der Waals surface area contributed by atoms with Gasteiger partial charge >= 0.3 is 5.97 Å². The Morgan fingerprint density at radius 3 is 2.51 bits per heavy atom. The Hall–Kier alpha value is -1.93. The summed E-state index contributed by atoms with van der Waals surface area (Å²) in [6, 6.07) is -1.56. The molecule has 0 aromatic carbocycles. The monoisotopic (exact) mass is 492 g/mol. The molecule has 3 rings (SSSR count). The van der Waals surface area contributed by atoms with E-state index in [2.05, 4.69) is 13.5 Å². The zero-order chi connectivity index (χ0) is 26.3. The highest BCUT2D eigenvalue weighted by Crippen LogP contribution is 2.65. The molecule has 0 aromatic rings. The van der Waals surface area contributed by atoms with Gasteiger partial charge in [-0.25, -0.2) is 0 Å². The number of nitrogens with zero attached hydrogens (tertiary/aromatic N) is 2. The van der Waals surface area contributed by atoms with E-state index in [4.69, 9.17) is 9.47 Å². The van der Waals surface area contributed by atoms with Crippen molar-refractivity contribution in [3.8, 4) is 0 Å². The topological polar surface area (TPSA) is 96.4 Å². The van der Waals surface area contributed by atoms with Crippen LogP contribution < -0.4 is 0 Å². The van der Waals surface area contributed by atoms with E-state index in [1.807, 2.05) is 34.6 Å². The molecule has 1 N–H and O–H groups in total. The van der Waals surface area contributed by atoms with Crippen molar-refractivity contribution in [3.05, 3.63) is 12.7 Å². The first-order valence-electron chi connectivity index (χ1n) is 13.2. The maximum atomic E-state index is 14.4. The Balaban J connectivity index is 2.19. The second-order valence-corrected chi connectivity index (χ2v) is 11.1. The van der Waals surface area contributed by atoms with Gasteiger partial charge in [-0.3, -0.25) is 14.4 Å². The Morgan fingerprint density at radius 1 is 1.34 bits per heavy atom. The highest BCUT2D eigenvalue weighted by molar-refractivity contribution is 5.99. The smallest absolute Gasteiger partial charge is 0.312 e. The average molecular weight is 493 g/mol. The van der Waals surface area contributed by atoms with E-state index in [1.165, 1.54) is 0 Å². The van der Waals surface area contributed by atoms with Gasteiger partial charge in [-0.05, 0) is 45.4 Å². The lowest BCUT2D eigenvalue weighted by atomic mass is 9.62. The summed E-state index contributed by atoms with van der Waals surface area (Å²) in [6.07, 6.45) is 3.91. The number of carbonyl (C=O) groups excluding carboxylic acids is 3. The van der Waals surface area contributed by atoms with E-state index in [0.717, 1.165) is 12.8 Å². The molecule has 0 saturated carbocycles. The summed E-state index contributed by atoms with van der Waals surface area (Å²) >= 11 is 0. The van der Waals surface area contributed by atoms with Crippen LogP contribution in [0, 0.1) is 23.7 Å². The molecule has 0 aliphatic carbocycles. The number of rotatable bonds is 11. The van der Waals surface area contributed by atoms with Crippen molar-refractivity contribution in [2.75, 3.05) is 19.8 Å². The maximum absolute atomic E-state index is 14.4. The summed E-state index contributed by atoms with van der Waals surface area (Å²) in [5.41, 5.74) is -2.05. The first-order valence-corrected chi connectivity index (χ1v) is 13.2. The summed E-state index contributed by atoms with van der Waals surface area (Å²) in [4.78, 5) is 45.1. The standard InChI is InChI=1S/C27H44N2O6/c1-9-12-18(7)28(13-10-2)24(32)22-27-14-17(6)26(8,35-27)21(25(33)34-11-3)20(27)23(31)29(22)19(15-30)16(4)5/h10,16-22,30H,2,9,11-15H2,1,3-8H3/t17?,18?,19-,20-,21+,22?,26-,27?/m0/s1. The quantitative estimate of drug-likeness (QED) is 0.352. The minimum atomic E-state index is -1.15. The maximum Gasteiger partial charge on any atom is 0.312 e. The van der Waals surface area contributed by atoms with Crippen LogP contribution in [0.15, 0.2) is 12.7 Å². The second-order valence-electron chi connectivity index (χ2n) is 11.1. The number of fused-ring (bicyclic) bond motifs is 1. The third-order valence-corrected chi connectivity index (χ3v) is 8.69. The van der Waals surface area contributed by atoms with Gasteiger partial charge in [0.25, 0.3) is 0 Å². The number of aliphatic hydroxyl groups is 1. The van der Waals surface area contributed by atoms with Crippen molar-refractivity contribution in [1.29, 1.82) is 0 Å². The van der Waals surface area contributed by atoms with Crippen LogP contribution in [-0.4, -0.2) is 81.8 Å². The molecule has 3 saturated heterocycles. The molecule has 4 unspecified atom stereocenters. The Bertz CT molecular complexity index is 846. The largest absolute Gasteiger partial charge is 0.466 e. The van der Waals surface area contributed by atoms with Gasteiger partial charge < -0.3 is 24.4 Å². The molecule has 8 atom stereocenters. The van der Waals surface area contributed by atoms with Crippen LogP contribution in [0.25, 0.3) is 0 Å². The number of amides is 2. The molecule has 3 fully saturated rings. The number of ether oxygens (including phenoxy) is 2. The summed E-state index contributed by atoms with van der Waals surface area (Å²) < 4.78 is 12.1. The third-order valence-electron chi connectivity index (χ3n) is 8.69. The van der Waals surface area contributed by atoms with Crippen LogP contribution in [0.3, 0.4) is 0 Å². The van der Waals surface area contributed by atoms with Crippen LogP contribution in [0.2, 0.25) is 0 Å². The fraction of sp³-hybridized carbons (Fsp3) is 0.815. The molecule has 2 amide bonds. The molecule has 2 bridgehead atoms. The predicted octanol–water partition coefficient (Wildman–Crippen LogP) is 2.78. The number of esters is 1. The molecule has 3 aliphatic rings. The van der Waals surface area contributed by atoms with Gasteiger partial charge in [0.1, 0.15) is 17.6 Å². The zero-order valence-corrected chi connectivity index (χ0v) is 22.5. The number of hydrogen-bond acceptors (Lipinski definition) is 6. The number of likely N-dealkylation sites (tertiary alicyclic amines) is 1. The number of hydrogen-bond donors (Lipinski definition) is 1. The van der Waals surface area contributed by atoms with Crippen molar-refractivity contribution >= 4 is 17.8 Å². The Labute approximate surface area is 210 Å². The van der Waals surface area contributed by atoms with Gasteiger partial charge in [-0.2, -0.15) is 0 Å². The fourth-order valence-electron chi connectivity index (χ4n) is 6.88. The average Bonchev–Trinajstić information content (AvgIpc) is 3.29. The van der Waals surface area contributed by atoms with Gasteiger partial charge in [-0.15, -0.1) is 6.58 Å². The molecule has 3 heterocycles. The highest BCUT2D eigenvalue weighted by Gasteiger charge is 2.80. The zero-order valence-electron chi connectivity index (χ0n) is 22.5. The first kappa shape index (κ1) is 27.7. The predicted molar refractivity (Wildman–Crippen MR) is 132 cm³/mol. The van der Waals surface area contributed by atoms with Gasteiger partial charge in [0.15, 0.2) is 0 Å². The van der Waals surface area contributed by atoms with E-state index < -0.39 is 41.1 Å². The van der Waals surface area contributed by atoms with Gasteiger partial charge in [0, 0.05) is 12.6 Å². The summed E-state index contributed by atoms with van der Waals surface area (Å²) in [5, 5.41) is 10.3. The van der Waals surface area contributed by atoms with Crippen molar-refractivity contribution < 1.29 is 29.0 Å². The molecular weight excluding hydrogens is 448 g/mol. The summed E-state index contributed by atoms with van der Waals surface area (Å²) in [6.45, 7) is 17.7. The van der Waals surface area contributed by atoms with Gasteiger partial charge in [-0.1, -0.05) is 40.2 Å². The normalized spacial score (nSPS) is 35.2. The minimum absolute atomic E-state index is 0.0521. The molecule has 1 spiro atoms. The molecule has 3 aliphatic heterocycles. The Morgan fingerprint density at radius 2 is 2.00 bits per heavy atom. The van der Waals surface area contributed by atoms with E-state index in [-0.39, 0.29) is 42.9 Å². The van der Waals surface area contributed by atoms with Crippen molar-refractivity contribution in [2.24, 2.45) is 23.7 Å². The number of carbonyl (C=O) groups is 3. The fourth-order valence-corrected chi connectivity index (χ4v) is 6.88. The molecule has 0 radical (unpaired) electrons. The molecular formula is C27H44N2O6. The SMILES string of the molecule is C=CCN(C(=O)C1N([C@@H](CO)C(C)C)C(=O)[C@@H]2[C@H](C(=O)OCC)[C@@]3(C)OC12CC3C)C(C)CCC. The van der Waals surface area contributed by atoms with Crippen LogP contribution in [0.1, 0.15) is 67.7 Å². The van der Waals surface area contributed by atoms with E-state index in [9.17, 15) is 19.5 Å². The lowest BCUT2D eigenvalue weighted by Crippen LogP contribution is -2.60. The molecule has 35 heavy (non-hydrogen) atoms. The van der Waals surface area contributed by atoms with Crippen LogP contribution in [0.5, 0.6) is 0 Å².